The zero-order chi connectivity index (χ0) is 21.1. The first-order valence-corrected chi connectivity index (χ1v) is 10.2. The molecule has 2 amide bonds. The van der Waals surface area contributed by atoms with E-state index in [1.54, 1.807) is 7.11 Å². The fourth-order valence-corrected chi connectivity index (χ4v) is 3.81. The number of benzene rings is 2. The molecule has 0 radical (unpaired) electrons. The van der Waals surface area contributed by atoms with E-state index in [0.717, 1.165) is 30.1 Å². The first-order valence-electron chi connectivity index (χ1n) is 10.2. The second-order valence-electron chi connectivity index (χ2n) is 7.57. The van der Waals surface area contributed by atoms with E-state index in [9.17, 15) is 9.59 Å². The Kier molecular flexibility index (Phi) is 5.70. The van der Waals surface area contributed by atoms with Crippen molar-refractivity contribution in [1.29, 1.82) is 0 Å². The monoisotopic (exact) mass is 406 g/mol. The van der Waals surface area contributed by atoms with Gasteiger partial charge >= 0.3 is 0 Å². The first kappa shape index (κ1) is 19.9. The van der Waals surface area contributed by atoms with Gasteiger partial charge in [0, 0.05) is 44.7 Å². The molecule has 0 saturated carbocycles. The van der Waals surface area contributed by atoms with E-state index in [1.165, 1.54) is 5.01 Å². The number of hydrazone groups is 1. The Bertz CT molecular complexity index is 963. The first-order chi connectivity index (χ1) is 14.5. The van der Waals surface area contributed by atoms with Gasteiger partial charge in [-0.25, -0.2) is 5.01 Å². The number of rotatable bonds is 4. The van der Waals surface area contributed by atoms with Gasteiger partial charge in [-0.05, 0) is 48.9 Å². The van der Waals surface area contributed by atoms with Gasteiger partial charge in [0.2, 0.25) is 5.91 Å². The Morgan fingerprint density at radius 2 is 1.70 bits per heavy atom. The standard InChI is InChI=1S/C23H26N4O3/c1-17-4-3-5-19(16-17)27-22(28)11-10-21(24-27)23(29)26-14-12-25(13-15-26)18-6-8-20(30-2)9-7-18/h3-9,16H,10-15H2,1-2H3. The third-order valence-corrected chi connectivity index (χ3v) is 5.53. The van der Waals surface area contributed by atoms with Crippen LogP contribution in [0.4, 0.5) is 11.4 Å². The molecule has 0 aliphatic carbocycles. The summed E-state index contributed by atoms with van der Waals surface area (Å²) >= 11 is 0. The van der Waals surface area contributed by atoms with Crippen LogP contribution in [0.15, 0.2) is 53.6 Å². The summed E-state index contributed by atoms with van der Waals surface area (Å²) in [5.41, 5.74) is 3.32. The van der Waals surface area contributed by atoms with Crippen LogP contribution in [0.2, 0.25) is 0 Å². The van der Waals surface area contributed by atoms with Crippen LogP contribution in [0.3, 0.4) is 0 Å². The highest BCUT2D eigenvalue weighted by molar-refractivity contribution is 6.40. The molecule has 0 bridgehead atoms. The number of hydrogen-bond acceptors (Lipinski definition) is 5. The van der Waals surface area contributed by atoms with Gasteiger partial charge in [-0.2, -0.15) is 5.10 Å². The number of anilines is 2. The molecule has 1 fully saturated rings. The molecular weight excluding hydrogens is 380 g/mol. The topological polar surface area (TPSA) is 65.5 Å². The second-order valence-corrected chi connectivity index (χ2v) is 7.57. The van der Waals surface area contributed by atoms with Crippen LogP contribution in [0.1, 0.15) is 18.4 Å². The minimum atomic E-state index is -0.0820. The number of nitrogens with zero attached hydrogens (tertiary/aromatic N) is 4. The van der Waals surface area contributed by atoms with Crippen LogP contribution < -0.4 is 14.6 Å². The van der Waals surface area contributed by atoms with Crippen molar-refractivity contribution in [3.05, 3.63) is 54.1 Å². The SMILES string of the molecule is COc1ccc(N2CCN(C(=O)C3=NN(c4cccc(C)c4)C(=O)CC3)CC2)cc1. The number of hydrogen-bond donors (Lipinski definition) is 0. The zero-order valence-corrected chi connectivity index (χ0v) is 17.4. The zero-order valence-electron chi connectivity index (χ0n) is 17.4. The van der Waals surface area contributed by atoms with E-state index >= 15 is 0 Å². The Morgan fingerprint density at radius 3 is 2.37 bits per heavy atom. The fourth-order valence-electron chi connectivity index (χ4n) is 3.81. The van der Waals surface area contributed by atoms with Gasteiger partial charge in [-0.1, -0.05) is 12.1 Å². The minimum absolute atomic E-state index is 0.0745. The van der Waals surface area contributed by atoms with Gasteiger partial charge < -0.3 is 14.5 Å². The Balaban J connectivity index is 1.43. The van der Waals surface area contributed by atoms with Gasteiger partial charge in [0.15, 0.2) is 0 Å². The number of carbonyl (C=O) groups excluding carboxylic acids is 2. The van der Waals surface area contributed by atoms with E-state index in [4.69, 9.17) is 4.74 Å². The average molecular weight is 406 g/mol. The van der Waals surface area contributed by atoms with Crippen LogP contribution in [-0.2, 0) is 9.59 Å². The predicted molar refractivity (Wildman–Crippen MR) is 117 cm³/mol. The summed E-state index contributed by atoms with van der Waals surface area (Å²) in [6, 6.07) is 15.6. The molecule has 0 spiro atoms. The van der Waals surface area contributed by atoms with E-state index in [-0.39, 0.29) is 11.8 Å². The highest BCUT2D eigenvalue weighted by Gasteiger charge is 2.30. The Labute approximate surface area is 176 Å². The predicted octanol–water partition coefficient (Wildman–Crippen LogP) is 2.84. The quantitative estimate of drug-likeness (QED) is 0.783. The van der Waals surface area contributed by atoms with Crippen molar-refractivity contribution in [1.82, 2.24) is 4.90 Å². The number of amides is 2. The Morgan fingerprint density at radius 1 is 0.967 bits per heavy atom. The normalized spacial score (nSPS) is 17.1. The van der Waals surface area contributed by atoms with E-state index in [2.05, 4.69) is 10.0 Å². The summed E-state index contributed by atoms with van der Waals surface area (Å²) in [7, 11) is 1.65. The third-order valence-electron chi connectivity index (χ3n) is 5.53. The summed E-state index contributed by atoms with van der Waals surface area (Å²) in [6.07, 6.45) is 0.684. The molecular formula is C23H26N4O3. The maximum atomic E-state index is 13.1. The van der Waals surface area contributed by atoms with E-state index < -0.39 is 0 Å². The summed E-state index contributed by atoms with van der Waals surface area (Å²) < 4.78 is 5.21. The lowest BCUT2D eigenvalue weighted by molar-refractivity contribution is -0.124. The molecule has 4 rings (SSSR count). The van der Waals surface area contributed by atoms with E-state index in [1.807, 2.05) is 60.4 Å². The minimum Gasteiger partial charge on any atom is -0.497 e. The molecule has 0 atom stereocenters. The van der Waals surface area contributed by atoms with Crippen LogP contribution in [0, 0.1) is 6.92 Å². The molecule has 0 N–H and O–H groups in total. The smallest absolute Gasteiger partial charge is 0.270 e. The summed E-state index contributed by atoms with van der Waals surface area (Å²) in [5.74, 6) is 0.673. The van der Waals surface area contributed by atoms with Gasteiger partial charge in [-0.15, -0.1) is 0 Å². The van der Waals surface area contributed by atoms with Crippen molar-refractivity contribution < 1.29 is 14.3 Å². The maximum absolute atomic E-state index is 13.1. The molecule has 30 heavy (non-hydrogen) atoms. The number of piperazine rings is 1. The van der Waals surface area contributed by atoms with Crippen molar-refractivity contribution in [2.45, 2.75) is 19.8 Å². The highest BCUT2D eigenvalue weighted by Crippen LogP contribution is 2.23. The van der Waals surface area contributed by atoms with Crippen molar-refractivity contribution in [3.63, 3.8) is 0 Å². The molecule has 0 unspecified atom stereocenters. The summed E-state index contributed by atoms with van der Waals surface area (Å²) in [4.78, 5) is 29.5. The lowest BCUT2D eigenvalue weighted by Gasteiger charge is -2.36. The molecule has 0 aromatic heterocycles. The van der Waals surface area contributed by atoms with Crippen LogP contribution in [0.5, 0.6) is 5.75 Å². The van der Waals surface area contributed by atoms with Crippen LogP contribution in [-0.4, -0.2) is 55.7 Å². The average Bonchev–Trinajstić information content (AvgIpc) is 2.79. The van der Waals surface area contributed by atoms with Gasteiger partial charge in [0.05, 0.1) is 12.8 Å². The molecule has 2 aliphatic rings. The van der Waals surface area contributed by atoms with Crippen molar-refractivity contribution in [2.75, 3.05) is 43.2 Å². The highest BCUT2D eigenvalue weighted by atomic mass is 16.5. The van der Waals surface area contributed by atoms with Crippen molar-refractivity contribution in [3.8, 4) is 5.75 Å². The van der Waals surface area contributed by atoms with Crippen molar-refractivity contribution in [2.24, 2.45) is 5.10 Å². The second kappa shape index (κ2) is 8.57. The van der Waals surface area contributed by atoms with Crippen LogP contribution in [0.25, 0.3) is 0 Å². The molecule has 156 valence electrons. The van der Waals surface area contributed by atoms with Gasteiger partial charge in [0.25, 0.3) is 5.91 Å². The molecule has 2 aromatic rings. The molecule has 2 aromatic carbocycles. The lowest BCUT2D eigenvalue weighted by Crippen LogP contribution is -2.51. The fraction of sp³-hybridized carbons (Fsp3) is 0.348. The molecule has 2 aliphatic heterocycles. The molecule has 7 nitrogen and oxygen atoms in total. The van der Waals surface area contributed by atoms with E-state index in [0.29, 0.717) is 37.3 Å². The largest absolute Gasteiger partial charge is 0.497 e. The third kappa shape index (κ3) is 4.15. The number of methoxy groups -OCH3 is 1. The maximum Gasteiger partial charge on any atom is 0.270 e. The van der Waals surface area contributed by atoms with Crippen LogP contribution >= 0.6 is 0 Å². The molecule has 2 heterocycles. The number of aryl methyl sites for hydroxylation is 1. The molecule has 1 saturated heterocycles. The summed E-state index contributed by atoms with van der Waals surface area (Å²) in [5, 5.41) is 5.80. The van der Waals surface area contributed by atoms with Crippen molar-refractivity contribution >= 4 is 28.9 Å². The number of carbonyl (C=O) groups is 2. The Hall–Kier alpha value is -3.35. The van der Waals surface area contributed by atoms with Gasteiger partial charge in [0.1, 0.15) is 11.5 Å². The molecule has 7 heteroatoms. The van der Waals surface area contributed by atoms with Gasteiger partial charge in [-0.3, -0.25) is 9.59 Å². The summed E-state index contributed by atoms with van der Waals surface area (Å²) in [6.45, 7) is 4.73. The lowest BCUT2D eigenvalue weighted by atomic mass is 10.1. The number of ether oxygens (including phenoxy) is 1.